The van der Waals surface area contributed by atoms with Crippen molar-refractivity contribution in [2.24, 2.45) is 0 Å². The van der Waals surface area contributed by atoms with Crippen LogP contribution in [0, 0.1) is 6.07 Å². The summed E-state index contributed by atoms with van der Waals surface area (Å²) in [5.74, 6) is 0. The minimum Gasteiger partial charge on any atom is -0.748 e. The number of nitrogen functional groups attached to an aromatic ring is 1. The maximum absolute atomic E-state index is 9.08. The summed E-state index contributed by atoms with van der Waals surface area (Å²) < 4.78 is 27.2. The molecule has 0 fully saturated rings. The molecule has 0 aliphatic heterocycles. The third-order valence-electron chi connectivity index (χ3n) is 6.12. The van der Waals surface area contributed by atoms with Crippen LogP contribution in [-0.4, -0.2) is 43.6 Å². The Kier molecular flexibility index (Phi) is 14.8. The predicted molar refractivity (Wildman–Crippen MR) is 183 cm³/mol. The molecule has 0 bridgehead atoms. The Morgan fingerprint density at radius 2 is 1.16 bits per heavy atom. The SMILES string of the molecule is CN(C)c1ccccc1-c1ccccc1P(C(C)(C)C)C(C)(C)C.CS(=O)(=O)[O-].Nc1ccccc1-c1[c-]cccc1.[Pd+2]. The van der Waals surface area contributed by atoms with Crippen LogP contribution >= 0.6 is 7.92 Å². The van der Waals surface area contributed by atoms with Crippen molar-refractivity contribution >= 4 is 34.7 Å². The van der Waals surface area contributed by atoms with Crippen molar-refractivity contribution in [3.63, 3.8) is 0 Å². The minimum atomic E-state index is -3.92. The fraction of sp³-hybridized carbons (Fsp3) is 0.314. The average molecular weight is 711 g/mol. The van der Waals surface area contributed by atoms with Crippen LogP contribution in [0.15, 0.2) is 97.1 Å². The molecule has 0 radical (unpaired) electrons. The van der Waals surface area contributed by atoms with Crippen molar-refractivity contribution in [1.82, 2.24) is 0 Å². The van der Waals surface area contributed by atoms with E-state index < -0.39 is 10.1 Å². The third kappa shape index (κ3) is 12.5. The van der Waals surface area contributed by atoms with Gasteiger partial charge in [0.15, 0.2) is 0 Å². The number of hydrogen-bond acceptors (Lipinski definition) is 5. The summed E-state index contributed by atoms with van der Waals surface area (Å²) in [6.45, 7) is 14.3. The molecule has 0 aliphatic rings. The zero-order chi connectivity index (χ0) is 31.7. The van der Waals surface area contributed by atoms with Crippen LogP contribution in [0.4, 0.5) is 11.4 Å². The third-order valence-corrected chi connectivity index (χ3v) is 9.68. The van der Waals surface area contributed by atoms with E-state index in [1.165, 1.54) is 22.1 Å². The largest absolute Gasteiger partial charge is 2.00 e. The zero-order valence-corrected chi connectivity index (χ0v) is 29.9. The molecule has 234 valence electrons. The van der Waals surface area contributed by atoms with Gasteiger partial charge in [0, 0.05) is 31.6 Å². The molecule has 43 heavy (non-hydrogen) atoms. The van der Waals surface area contributed by atoms with Crippen molar-refractivity contribution in [2.45, 2.75) is 51.9 Å². The summed E-state index contributed by atoms with van der Waals surface area (Å²) in [5, 5.41) is 2.04. The second-order valence-electron chi connectivity index (χ2n) is 12.2. The Hall–Kier alpha value is -2.52. The van der Waals surface area contributed by atoms with Crippen LogP contribution < -0.4 is 15.9 Å². The van der Waals surface area contributed by atoms with E-state index in [-0.39, 0.29) is 38.7 Å². The zero-order valence-electron chi connectivity index (χ0n) is 26.7. The molecule has 2 N–H and O–H groups in total. The number of benzene rings is 4. The molecule has 8 heteroatoms. The second kappa shape index (κ2) is 16.5. The van der Waals surface area contributed by atoms with Crippen molar-refractivity contribution in [2.75, 3.05) is 31.0 Å². The van der Waals surface area contributed by atoms with E-state index in [9.17, 15) is 0 Å². The van der Waals surface area contributed by atoms with Gasteiger partial charge in [-0.15, -0.1) is 35.9 Å². The van der Waals surface area contributed by atoms with E-state index in [1.807, 2.05) is 48.5 Å². The number of para-hydroxylation sites is 2. The summed E-state index contributed by atoms with van der Waals surface area (Å²) in [7, 11) is -0.00352. The number of hydrogen-bond donors (Lipinski definition) is 1. The molecule has 0 amide bonds. The fourth-order valence-electron chi connectivity index (χ4n) is 5.02. The summed E-state index contributed by atoms with van der Waals surface area (Å²) in [6, 6.07) is 36.5. The number of rotatable bonds is 4. The normalized spacial score (nSPS) is 11.3. The molecular weight excluding hydrogens is 666 g/mol. The standard InChI is InChI=1S/C22H32NP.C12H10N.CH4O3S.Pd/c1-21(2,3)24(22(4,5)6)20-16-12-10-14-18(20)17-13-9-11-15-19(17)23(7)8;13-12-9-5-4-8-11(12)10-6-2-1-3-7-10;1-5(2,3)4;/h9-16H,1-8H3;1-6,8-9H,13H2;1H3,(H,2,3,4);/q;-1;;+2/p-1. The summed E-state index contributed by atoms with van der Waals surface area (Å²) in [5.41, 5.74) is 12.7. The van der Waals surface area contributed by atoms with Gasteiger partial charge in [-0.3, -0.25) is 0 Å². The first-order chi connectivity index (χ1) is 19.4. The molecule has 0 aromatic heterocycles. The molecule has 4 aromatic rings. The van der Waals surface area contributed by atoms with Gasteiger partial charge in [0.05, 0.1) is 10.1 Å². The first-order valence-corrected chi connectivity index (χ1v) is 17.0. The van der Waals surface area contributed by atoms with E-state index in [0.29, 0.717) is 6.26 Å². The van der Waals surface area contributed by atoms with Gasteiger partial charge in [-0.05, 0) is 39.0 Å². The Labute approximate surface area is 275 Å². The van der Waals surface area contributed by atoms with Crippen molar-refractivity contribution in [3.8, 4) is 22.3 Å². The molecule has 0 saturated carbocycles. The van der Waals surface area contributed by atoms with Crippen LogP contribution in [0.3, 0.4) is 0 Å². The van der Waals surface area contributed by atoms with Gasteiger partial charge >= 0.3 is 20.4 Å². The number of nitrogens with zero attached hydrogens (tertiary/aromatic N) is 1. The van der Waals surface area contributed by atoms with Gasteiger partial charge in [-0.2, -0.15) is 0 Å². The minimum absolute atomic E-state index is 0. The summed E-state index contributed by atoms with van der Waals surface area (Å²) in [6.07, 6.45) is 0.604. The van der Waals surface area contributed by atoms with E-state index >= 15 is 0 Å². The molecule has 0 aliphatic carbocycles. The quantitative estimate of drug-likeness (QED) is 0.0763. The van der Waals surface area contributed by atoms with Crippen molar-refractivity contribution in [1.29, 1.82) is 0 Å². The van der Waals surface area contributed by atoms with Crippen LogP contribution in [0.25, 0.3) is 22.3 Å². The Bertz CT molecular complexity index is 1510. The van der Waals surface area contributed by atoms with Gasteiger partial charge in [0.1, 0.15) is 0 Å². The van der Waals surface area contributed by atoms with Crippen molar-refractivity contribution < 1.29 is 33.4 Å². The molecule has 0 saturated heterocycles. The number of anilines is 2. The smallest absolute Gasteiger partial charge is 0.748 e. The molecule has 4 aromatic carbocycles. The monoisotopic (exact) mass is 710 g/mol. The van der Waals surface area contributed by atoms with Gasteiger partial charge in [0.25, 0.3) is 0 Å². The number of nitrogens with two attached hydrogens (primary N) is 1. The second-order valence-corrected chi connectivity index (χ2v) is 17.4. The Balaban J connectivity index is 0.000000406. The average Bonchev–Trinajstić information content (AvgIpc) is 2.88. The maximum atomic E-state index is 9.08. The van der Waals surface area contributed by atoms with Gasteiger partial charge in [0.2, 0.25) is 0 Å². The van der Waals surface area contributed by atoms with E-state index in [0.717, 1.165) is 16.8 Å². The molecule has 0 heterocycles. The topological polar surface area (TPSA) is 86.5 Å². The summed E-state index contributed by atoms with van der Waals surface area (Å²) >= 11 is 0. The molecule has 4 rings (SSSR count). The first-order valence-electron chi connectivity index (χ1n) is 13.8. The van der Waals surface area contributed by atoms with Crippen LogP contribution in [0.1, 0.15) is 41.5 Å². The van der Waals surface area contributed by atoms with Crippen molar-refractivity contribution in [3.05, 3.63) is 103 Å². The van der Waals surface area contributed by atoms with Gasteiger partial charge in [-0.25, -0.2) is 8.42 Å². The Morgan fingerprint density at radius 1 is 0.721 bits per heavy atom. The molecule has 0 spiro atoms. The van der Waals surface area contributed by atoms with E-state index in [4.69, 9.17) is 18.7 Å². The van der Waals surface area contributed by atoms with Gasteiger partial charge in [-0.1, -0.05) is 116 Å². The molecule has 0 unspecified atom stereocenters. The molecule has 5 nitrogen and oxygen atoms in total. The first kappa shape index (κ1) is 38.5. The van der Waals surface area contributed by atoms with Crippen LogP contribution in [0.5, 0.6) is 0 Å². The molecular formula is C35H45N2O3PPdS. The Morgan fingerprint density at radius 3 is 1.63 bits per heavy atom. The van der Waals surface area contributed by atoms with E-state index in [2.05, 4.69) is 115 Å². The fourth-order valence-corrected chi connectivity index (χ4v) is 9.15. The van der Waals surface area contributed by atoms with E-state index in [1.54, 1.807) is 0 Å². The summed E-state index contributed by atoms with van der Waals surface area (Å²) in [4.78, 5) is 2.21. The van der Waals surface area contributed by atoms with Crippen LogP contribution in [-0.2, 0) is 30.5 Å². The predicted octanol–water partition coefficient (Wildman–Crippen LogP) is 8.02. The molecule has 0 atom stereocenters. The van der Waals surface area contributed by atoms with Crippen LogP contribution in [0.2, 0.25) is 0 Å². The van der Waals surface area contributed by atoms with Gasteiger partial charge < -0.3 is 15.2 Å². The maximum Gasteiger partial charge on any atom is 2.00 e.